The Balaban J connectivity index is 0.00000280. The average molecular weight is 410 g/mol. The molecular weight excluding hydrogens is 382 g/mol. The first-order chi connectivity index (χ1) is 13.0. The summed E-state index contributed by atoms with van der Waals surface area (Å²) in [6.45, 7) is 2.75. The Morgan fingerprint density at radius 1 is 1.00 bits per heavy atom. The van der Waals surface area contributed by atoms with E-state index in [1.54, 1.807) is 17.0 Å². The summed E-state index contributed by atoms with van der Waals surface area (Å²) >= 11 is 0. The van der Waals surface area contributed by atoms with E-state index < -0.39 is 12.0 Å². The molecule has 1 aromatic carbocycles. The van der Waals surface area contributed by atoms with Crippen molar-refractivity contribution in [2.24, 2.45) is 0 Å². The van der Waals surface area contributed by atoms with Crippen LogP contribution in [0.2, 0.25) is 0 Å². The number of amides is 2. The number of likely N-dealkylation sites (tertiary alicyclic amines) is 2. The maximum atomic E-state index is 12.3. The number of nitrogens with one attached hydrogen (secondary N) is 1. The molecule has 2 saturated heterocycles. The number of aliphatic carboxylic acids is 1. The number of rotatable bonds is 6. The maximum absolute atomic E-state index is 12.3. The second-order valence-corrected chi connectivity index (χ2v) is 7.29. The van der Waals surface area contributed by atoms with Crippen LogP contribution in [0.4, 0.5) is 0 Å². The number of carbonyl (C=O) groups excluding carboxylic acids is 2. The number of nitrogens with zero attached hydrogens (tertiary/aromatic N) is 2. The summed E-state index contributed by atoms with van der Waals surface area (Å²) in [7, 11) is 0. The van der Waals surface area contributed by atoms with Crippen molar-refractivity contribution in [3.05, 3.63) is 35.4 Å². The molecule has 1 aromatic rings. The molecular formula is C20H28ClN3O4. The molecule has 1 atom stereocenters. The Labute approximate surface area is 171 Å². The van der Waals surface area contributed by atoms with Crippen molar-refractivity contribution in [3.63, 3.8) is 0 Å². The number of hydrogen-bond donors (Lipinski definition) is 2. The number of carboxylic acids is 1. The summed E-state index contributed by atoms with van der Waals surface area (Å²) in [5.41, 5.74) is 1.58. The van der Waals surface area contributed by atoms with Gasteiger partial charge in [0.1, 0.15) is 6.04 Å². The van der Waals surface area contributed by atoms with Crippen LogP contribution in [-0.2, 0) is 16.1 Å². The average Bonchev–Trinajstić information content (AvgIpc) is 3.21. The zero-order chi connectivity index (χ0) is 19.2. The standard InChI is InChI=1S/C20H27N3O4.ClH/c24-18(14-23-12-2-1-5-17(23)20(26)27)21-13-15-6-8-16(9-7-15)19(25)22-10-3-4-11-22;/h6-9,17H,1-5,10-14H2,(H,21,24)(H,26,27);1H. The van der Waals surface area contributed by atoms with Gasteiger partial charge in [-0.15, -0.1) is 12.4 Å². The Morgan fingerprint density at radius 2 is 1.64 bits per heavy atom. The topological polar surface area (TPSA) is 90.0 Å². The Kier molecular flexibility index (Phi) is 8.26. The highest BCUT2D eigenvalue weighted by Crippen LogP contribution is 2.17. The molecule has 0 aromatic heterocycles. The summed E-state index contributed by atoms with van der Waals surface area (Å²) in [6.07, 6.45) is 4.53. The minimum atomic E-state index is -0.860. The van der Waals surface area contributed by atoms with Gasteiger partial charge in [0.2, 0.25) is 5.91 Å². The molecule has 2 N–H and O–H groups in total. The fraction of sp³-hybridized carbons (Fsp3) is 0.550. The SMILES string of the molecule is Cl.O=C(CN1CCCCC1C(=O)O)NCc1ccc(C(=O)N2CCCC2)cc1. The lowest BCUT2D eigenvalue weighted by Gasteiger charge is -2.32. The van der Waals surface area contributed by atoms with Crippen molar-refractivity contribution in [1.82, 2.24) is 15.1 Å². The van der Waals surface area contributed by atoms with Crippen LogP contribution >= 0.6 is 12.4 Å². The smallest absolute Gasteiger partial charge is 0.320 e. The molecule has 0 bridgehead atoms. The van der Waals surface area contributed by atoms with Crippen LogP contribution in [0.25, 0.3) is 0 Å². The third kappa shape index (κ3) is 5.69. The number of halogens is 1. The Hall–Kier alpha value is -2.12. The van der Waals surface area contributed by atoms with E-state index in [-0.39, 0.29) is 30.8 Å². The van der Waals surface area contributed by atoms with E-state index in [1.807, 2.05) is 17.0 Å². The molecule has 2 heterocycles. The Bertz CT molecular complexity index is 689. The van der Waals surface area contributed by atoms with Gasteiger partial charge in [-0.2, -0.15) is 0 Å². The lowest BCUT2D eigenvalue weighted by atomic mass is 10.0. The first-order valence-electron chi connectivity index (χ1n) is 9.66. The molecule has 7 nitrogen and oxygen atoms in total. The molecule has 0 saturated carbocycles. The van der Waals surface area contributed by atoms with E-state index in [1.165, 1.54) is 0 Å². The predicted octanol–water partition coefficient (Wildman–Crippen LogP) is 1.90. The summed E-state index contributed by atoms with van der Waals surface area (Å²) in [4.78, 5) is 39.4. The monoisotopic (exact) mass is 409 g/mol. The minimum Gasteiger partial charge on any atom is -0.480 e. The quantitative estimate of drug-likeness (QED) is 0.749. The molecule has 2 aliphatic rings. The first-order valence-corrected chi connectivity index (χ1v) is 9.66. The zero-order valence-electron chi connectivity index (χ0n) is 15.9. The second-order valence-electron chi connectivity index (χ2n) is 7.29. The van der Waals surface area contributed by atoms with E-state index in [0.717, 1.165) is 44.3 Å². The molecule has 2 amide bonds. The molecule has 0 aliphatic carbocycles. The first kappa shape index (κ1) is 22.2. The molecule has 0 radical (unpaired) electrons. The summed E-state index contributed by atoms with van der Waals surface area (Å²) < 4.78 is 0. The third-order valence-electron chi connectivity index (χ3n) is 5.33. The summed E-state index contributed by atoms with van der Waals surface area (Å²) in [5, 5.41) is 12.1. The van der Waals surface area contributed by atoms with Crippen LogP contribution in [0.1, 0.15) is 48.0 Å². The van der Waals surface area contributed by atoms with Crippen LogP contribution in [-0.4, -0.2) is 64.9 Å². The second kappa shape index (κ2) is 10.4. The lowest BCUT2D eigenvalue weighted by Crippen LogP contribution is -2.48. The van der Waals surface area contributed by atoms with Crippen LogP contribution in [0, 0.1) is 0 Å². The fourth-order valence-corrected chi connectivity index (χ4v) is 3.77. The molecule has 0 spiro atoms. The van der Waals surface area contributed by atoms with Gasteiger partial charge in [-0.25, -0.2) is 0 Å². The van der Waals surface area contributed by atoms with E-state index in [0.29, 0.717) is 25.1 Å². The van der Waals surface area contributed by atoms with Gasteiger partial charge in [0, 0.05) is 25.2 Å². The molecule has 1 unspecified atom stereocenters. The Morgan fingerprint density at radius 3 is 2.29 bits per heavy atom. The highest BCUT2D eigenvalue weighted by molar-refractivity contribution is 5.94. The third-order valence-corrected chi connectivity index (χ3v) is 5.33. The molecule has 154 valence electrons. The highest BCUT2D eigenvalue weighted by Gasteiger charge is 2.29. The maximum Gasteiger partial charge on any atom is 0.320 e. The molecule has 28 heavy (non-hydrogen) atoms. The van der Waals surface area contributed by atoms with E-state index >= 15 is 0 Å². The van der Waals surface area contributed by atoms with Gasteiger partial charge in [-0.05, 0) is 49.9 Å². The zero-order valence-corrected chi connectivity index (χ0v) is 16.7. The molecule has 8 heteroatoms. The number of piperidine rings is 1. The van der Waals surface area contributed by atoms with Crippen molar-refractivity contribution in [2.45, 2.75) is 44.7 Å². The van der Waals surface area contributed by atoms with Crippen molar-refractivity contribution in [2.75, 3.05) is 26.2 Å². The van der Waals surface area contributed by atoms with Gasteiger partial charge in [0.05, 0.1) is 6.54 Å². The van der Waals surface area contributed by atoms with E-state index in [4.69, 9.17) is 0 Å². The van der Waals surface area contributed by atoms with Crippen LogP contribution in [0.15, 0.2) is 24.3 Å². The van der Waals surface area contributed by atoms with Crippen molar-refractivity contribution < 1.29 is 19.5 Å². The minimum absolute atomic E-state index is 0. The van der Waals surface area contributed by atoms with Crippen LogP contribution < -0.4 is 5.32 Å². The van der Waals surface area contributed by atoms with Gasteiger partial charge in [-0.3, -0.25) is 19.3 Å². The summed E-state index contributed by atoms with van der Waals surface area (Å²) in [5.74, 6) is -0.978. The molecule has 2 fully saturated rings. The van der Waals surface area contributed by atoms with Crippen LogP contribution in [0.3, 0.4) is 0 Å². The lowest BCUT2D eigenvalue weighted by molar-refractivity contribution is -0.145. The number of carbonyl (C=O) groups is 3. The highest BCUT2D eigenvalue weighted by atomic mass is 35.5. The number of hydrogen-bond acceptors (Lipinski definition) is 4. The van der Waals surface area contributed by atoms with Gasteiger partial charge in [0.15, 0.2) is 0 Å². The van der Waals surface area contributed by atoms with Gasteiger partial charge in [-0.1, -0.05) is 18.6 Å². The number of benzene rings is 1. The molecule has 3 rings (SSSR count). The normalized spacial score (nSPS) is 19.7. The number of carboxylic acid groups (broad SMARTS) is 1. The van der Waals surface area contributed by atoms with Gasteiger partial charge >= 0.3 is 5.97 Å². The van der Waals surface area contributed by atoms with Crippen molar-refractivity contribution in [1.29, 1.82) is 0 Å². The summed E-state index contributed by atoms with van der Waals surface area (Å²) in [6, 6.07) is 6.73. The predicted molar refractivity (Wildman–Crippen MR) is 108 cm³/mol. The fourth-order valence-electron chi connectivity index (χ4n) is 3.77. The molecule has 2 aliphatic heterocycles. The van der Waals surface area contributed by atoms with Crippen molar-refractivity contribution >= 4 is 30.2 Å². The van der Waals surface area contributed by atoms with E-state index in [9.17, 15) is 19.5 Å². The van der Waals surface area contributed by atoms with E-state index in [2.05, 4.69) is 5.32 Å². The van der Waals surface area contributed by atoms with Crippen molar-refractivity contribution in [3.8, 4) is 0 Å². The van der Waals surface area contributed by atoms with Crippen LogP contribution in [0.5, 0.6) is 0 Å². The van der Waals surface area contributed by atoms with Gasteiger partial charge in [0.25, 0.3) is 5.91 Å². The van der Waals surface area contributed by atoms with Gasteiger partial charge < -0.3 is 15.3 Å². The largest absolute Gasteiger partial charge is 0.480 e.